The summed E-state index contributed by atoms with van der Waals surface area (Å²) in [6.07, 6.45) is 2.37. The Labute approximate surface area is 90.6 Å². The van der Waals surface area contributed by atoms with Gasteiger partial charge in [-0.15, -0.1) is 0 Å². The molecule has 1 fully saturated rings. The van der Waals surface area contributed by atoms with Crippen LogP contribution >= 0.6 is 0 Å². The lowest BCUT2D eigenvalue weighted by Crippen LogP contribution is -2.34. The van der Waals surface area contributed by atoms with Crippen LogP contribution < -0.4 is 15.8 Å². The summed E-state index contributed by atoms with van der Waals surface area (Å²) in [5.74, 6) is 0.888. The van der Waals surface area contributed by atoms with Crippen LogP contribution in [0.1, 0.15) is 24.4 Å². The van der Waals surface area contributed by atoms with Crippen molar-refractivity contribution in [2.45, 2.75) is 24.9 Å². The van der Waals surface area contributed by atoms with Gasteiger partial charge in [0.15, 0.2) is 0 Å². The smallest absolute Gasteiger partial charge is 0.123 e. The highest BCUT2D eigenvalue weighted by Crippen LogP contribution is 2.28. The first kappa shape index (κ1) is 10.5. The maximum absolute atomic E-state index is 6.23. The molecule has 0 spiro atoms. The molecule has 1 heterocycles. The zero-order chi connectivity index (χ0) is 10.7. The molecular weight excluding hydrogens is 188 g/mol. The lowest BCUT2D eigenvalue weighted by molar-refractivity contribution is 0.396. The Morgan fingerprint density at radius 3 is 2.93 bits per heavy atom. The highest BCUT2D eigenvalue weighted by molar-refractivity contribution is 5.36. The summed E-state index contributed by atoms with van der Waals surface area (Å²) in [6.45, 7) is 1.08. The highest BCUT2D eigenvalue weighted by atomic mass is 16.5. The first-order chi connectivity index (χ1) is 7.33. The topological polar surface area (TPSA) is 47.3 Å². The van der Waals surface area contributed by atoms with Gasteiger partial charge in [-0.3, -0.25) is 0 Å². The second-order valence-corrected chi connectivity index (χ2v) is 3.97. The van der Waals surface area contributed by atoms with Crippen LogP contribution in [0.15, 0.2) is 24.3 Å². The Bertz CT molecular complexity index is 321. The van der Waals surface area contributed by atoms with E-state index in [1.54, 1.807) is 7.11 Å². The van der Waals surface area contributed by atoms with Crippen molar-refractivity contribution in [1.29, 1.82) is 0 Å². The molecule has 1 aliphatic rings. The van der Waals surface area contributed by atoms with E-state index in [1.807, 2.05) is 24.3 Å². The van der Waals surface area contributed by atoms with Crippen LogP contribution in [-0.4, -0.2) is 19.7 Å². The van der Waals surface area contributed by atoms with E-state index in [0.717, 1.165) is 24.3 Å². The fourth-order valence-electron chi connectivity index (χ4n) is 2.18. The summed E-state index contributed by atoms with van der Waals surface area (Å²) in [4.78, 5) is 0. The Kier molecular flexibility index (Phi) is 3.23. The summed E-state index contributed by atoms with van der Waals surface area (Å²) in [5.41, 5.74) is 7.33. The van der Waals surface area contributed by atoms with Crippen LogP contribution in [0.3, 0.4) is 0 Å². The fourth-order valence-corrected chi connectivity index (χ4v) is 2.18. The number of rotatable bonds is 3. The zero-order valence-corrected chi connectivity index (χ0v) is 9.07. The molecule has 2 atom stereocenters. The van der Waals surface area contributed by atoms with Crippen LogP contribution in [0, 0.1) is 0 Å². The van der Waals surface area contributed by atoms with E-state index in [0.29, 0.717) is 6.04 Å². The van der Waals surface area contributed by atoms with E-state index >= 15 is 0 Å². The van der Waals surface area contributed by atoms with Crippen LogP contribution in [-0.2, 0) is 0 Å². The summed E-state index contributed by atoms with van der Waals surface area (Å²) in [5, 5.41) is 3.43. The van der Waals surface area contributed by atoms with Crippen LogP contribution in [0.5, 0.6) is 5.75 Å². The molecule has 0 aromatic heterocycles. The van der Waals surface area contributed by atoms with E-state index in [1.165, 1.54) is 6.42 Å². The molecule has 0 amide bonds. The molecular formula is C12H18N2O. The largest absolute Gasteiger partial charge is 0.496 e. The van der Waals surface area contributed by atoms with Gasteiger partial charge in [0.05, 0.1) is 7.11 Å². The van der Waals surface area contributed by atoms with Gasteiger partial charge in [-0.05, 0) is 25.5 Å². The lowest BCUT2D eigenvalue weighted by atomic mass is 9.98. The molecule has 2 unspecified atom stereocenters. The molecule has 3 heteroatoms. The minimum atomic E-state index is 0.0312. The second-order valence-electron chi connectivity index (χ2n) is 3.97. The maximum atomic E-state index is 6.23. The van der Waals surface area contributed by atoms with E-state index in [2.05, 4.69) is 5.32 Å². The van der Waals surface area contributed by atoms with Crippen molar-refractivity contribution in [1.82, 2.24) is 5.32 Å². The van der Waals surface area contributed by atoms with E-state index in [9.17, 15) is 0 Å². The Hall–Kier alpha value is -1.06. The predicted molar refractivity (Wildman–Crippen MR) is 60.9 cm³/mol. The molecule has 2 rings (SSSR count). The zero-order valence-electron chi connectivity index (χ0n) is 9.07. The van der Waals surface area contributed by atoms with Crippen molar-refractivity contribution in [3.63, 3.8) is 0 Å². The van der Waals surface area contributed by atoms with Gasteiger partial charge < -0.3 is 15.8 Å². The highest BCUT2D eigenvalue weighted by Gasteiger charge is 2.24. The molecule has 3 N–H and O–H groups in total. The van der Waals surface area contributed by atoms with Crippen molar-refractivity contribution in [2.24, 2.45) is 5.73 Å². The molecule has 0 saturated carbocycles. The summed E-state index contributed by atoms with van der Waals surface area (Å²) < 4.78 is 5.32. The van der Waals surface area contributed by atoms with Crippen LogP contribution in [0.4, 0.5) is 0 Å². The van der Waals surface area contributed by atoms with Gasteiger partial charge in [0.25, 0.3) is 0 Å². The molecule has 0 aliphatic carbocycles. The minimum Gasteiger partial charge on any atom is -0.496 e. The molecule has 1 aromatic carbocycles. The van der Waals surface area contributed by atoms with E-state index in [-0.39, 0.29) is 6.04 Å². The number of methoxy groups -OCH3 is 1. The third kappa shape index (κ3) is 2.13. The van der Waals surface area contributed by atoms with Gasteiger partial charge in [-0.2, -0.15) is 0 Å². The number of hydrogen-bond donors (Lipinski definition) is 2. The first-order valence-electron chi connectivity index (χ1n) is 5.45. The Balaban J connectivity index is 2.19. The van der Waals surface area contributed by atoms with E-state index in [4.69, 9.17) is 10.5 Å². The molecule has 82 valence electrons. The van der Waals surface area contributed by atoms with Crippen molar-refractivity contribution >= 4 is 0 Å². The SMILES string of the molecule is COc1ccccc1C(N)C1CCCN1. The van der Waals surface area contributed by atoms with E-state index < -0.39 is 0 Å². The second kappa shape index (κ2) is 4.64. The number of benzene rings is 1. The third-order valence-electron chi connectivity index (χ3n) is 3.03. The predicted octanol–water partition coefficient (Wildman–Crippen LogP) is 1.45. The summed E-state index contributed by atoms with van der Waals surface area (Å²) >= 11 is 0. The van der Waals surface area contributed by atoms with Crippen molar-refractivity contribution < 1.29 is 4.74 Å². The average Bonchev–Trinajstić information content (AvgIpc) is 2.81. The normalized spacial score (nSPS) is 22.7. The van der Waals surface area contributed by atoms with Crippen LogP contribution in [0.2, 0.25) is 0 Å². The summed E-state index contributed by atoms with van der Waals surface area (Å²) in [7, 11) is 1.69. The minimum absolute atomic E-state index is 0.0312. The Morgan fingerprint density at radius 2 is 2.27 bits per heavy atom. The quantitative estimate of drug-likeness (QED) is 0.787. The molecule has 3 nitrogen and oxygen atoms in total. The van der Waals surface area contributed by atoms with Crippen molar-refractivity contribution in [3.05, 3.63) is 29.8 Å². The molecule has 1 aromatic rings. The molecule has 1 aliphatic heterocycles. The number of hydrogen-bond acceptors (Lipinski definition) is 3. The number of para-hydroxylation sites is 1. The van der Waals surface area contributed by atoms with Crippen molar-refractivity contribution in [3.8, 4) is 5.75 Å². The third-order valence-corrected chi connectivity index (χ3v) is 3.03. The number of ether oxygens (including phenoxy) is 1. The summed E-state index contributed by atoms with van der Waals surface area (Å²) in [6, 6.07) is 8.40. The van der Waals surface area contributed by atoms with Gasteiger partial charge in [0.1, 0.15) is 5.75 Å². The van der Waals surface area contributed by atoms with Gasteiger partial charge >= 0.3 is 0 Å². The van der Waals surface area contributed by atoms with Gasteiger partial charge in [0, 0.05) is 17.6 Å². The van der Waals surface area contributed by atoms with Crippen LogP contribution in [0.25, 0.3) is 0 Å². The van der Waals surface area contributed by atoms with Gasteiger partial charge in [-0.25, -0.2) is 0 Å². The van der Waals surface area contributed by atoms with Gasteiger partial charge in [0.2, 0.25) is 0 Å². The molecule has 0 bridgehead atoms. The number of nitrogens with two attached hydrogens (primary N) is 1. The lowest BCUT2D eigenvalue weighted by Gasteiger charge is -2.21. The maximum Gasteiger partial charge on any atom is 0.123 e. The number of nitrogens with one attached hydrogen (secondary N) is 1. The monoisotopic (exact) mass is 206 g/mol. The fraction of sp³-hybridized carbons (Fsp3) is 0.500. The average molecular weight is 206 g/mol. The van der Waals surface area contributed by atoms with Gasteiger partial charge in [-0.1, -0.05) is 18.2 Å². The first-order valence-corrected chi connectivity index (χ1v) is 5.45. The molecule has 15 heavy (non-hydrogen) atoms. The Morgan fingerprint density at radius 1 is 1.47 bits per heavy atom. The van der Waals surface area contributed by atoms with Crippen molar-refractivity contribution in [2.75, 3.05) is 13.7 Å². The molecule has 0 radical (unpaired) electrons. The molecule has 1 saturated heterocycles. The standard InChI is InChI=1S/C12H18N2O/c1-15-11-7-3-2-5-9(11)12(13)10-6-4-8-14-10/h2-3,5,7,10,12,14H,4,6,8,13H2,1H3.